The zero-order chi connectivity index (χ0) is 13.4. The van der Waals surface area contributed by atoms with Crippen LogP contribution < -0.4 is 0 Å². The first-order valence-corrected chi connectivity index (χ1v) is 5.99. The first kappa shape index (κ1) is 14.7. The number of aryl methyl sites for hydroxylation is 1. The molecule has 0 aliphatic heterocycles. The molecule has 0 N–H and O–H groups in total. The first-order chi connectivity index (χ1) is 8.71. The Labute approximate surface area is 108 Å². The number of carbonyl (C=O) groups is 1. The van der Waals surface area contributed by atoms with Crippen LogP contribution in [0.2, 0.25) is 0 Å². The van der Waals surface area contributed by atoms with Gasteiger partial charge in [-0.25, -0.2) is 4.79 Å². The molecule has 0 unspecified atom stereocenters. The molecule has 18 heavy (non-hydrogen) atoms. The molecule has 0 saturated carbocycles. The average molecular weight is 252 g/mol. The van der Waals surface area contributed by atoms with Crippen molar-refractivity contribution in [1.29, 1.82) is 0 Å². The highest BCUT2D eigenvalue weighted by molar-refractivity contribution is 5.89. The summed E-state index contributed by atoms with van der Waals surface area (Å²) >= 11 is 0. The van der Waals surface area contributed by atoms with Gasteiger partial charge in [0.15, 0.2) is 0 Å². The molecule has 4 heteroatoms. The molecule has 0 radical (unpaired) electrons. The molecule has 1 aromatic carbocycles. The lowest BCUT2D eigenvalue weighted by atomic mass is 10.1. The molecule has 4 nitrogen and oxygen atoms in total. The van der Waals surface area contributed by atoms with Crippen molar-refractivity contribution >= 4 is 5.97 Å². The van der Waals surface area contributed by atoms with E-state index in [9.17, 15) is 4.79 Å². The molecule has 0 aromatic heterocycles. The minimum atomic E-state index is -0.377. The number of benzene rings is 1. The lowest BCUT2D eigenvalue weighted by Crippen LogP contribution is -2.27. The third kappa shape index (κ3) is 4.47. The predicted octanol–water partition coefficient (Wildman–Crippen LogP) is 2.07. The number of methoxy groups -OCH3 is 2. The van der Waals surface area contributed by atoms with E-state index in [2.05, 4.69) is 6.92 Å². The molecule has 1 aromatic rings. The zero-order valence-electron chi connectivity index (χ0n) is 11.1. The van der Waals surface area contributed by atoms with Crippen molar-refractivity contribution in [3.05, 3.63) is 35.4 Å². The second-order valence-electron chi connectivity index (χ2n) is 3.99. The Morgan fingerprint density at radius 3 is 2.11 bits per heavy atom. The Hall–Kier alpha value is -1.39. The Morgan fingerprint density at radius 2 is 1.67 bits per heavy atom. The van der Waals surface area contributed by atoms with E-state index in [1.54, 1.807) is 26.4 Å². The number of rotatable bonds is 7. The third-order valence-electron chi connectivity index (χ3n) is 2.58. The van der Waals surface area contributed by atoms with Crippen LogP contribution >= 0.6 is 0 Å². The number of carbonyl (C=O) groups excluding carboxylic acids is 1. The second kappa shape index (κ2) is 7.84. The number of esters is 1. The predicted molar refractivity (Wildman–Crippen MR) is 68.8 cm³/mol. The van der Waals surface area contributed by atoms with Crippen LogP contribution in [0.3, 0.4) is 0 Å². The fraction of sp³-hybridized carbons (Fsp3) is 0.500. The topological polar surface area (TPSA) is 44.8 Å². The molecule has 0 fully saturated rings. The molecule has 100 valence electrons. The van der Waals surface area contributed by atoms with Crippen LogP contribution in [0.15, 0.2) is 24.3 Å². The second-order valence-corrected chi connectivity index (χ2v) is 3.99. The van der Waals surface area contributed by atoms with Crippen molar-refractivity contribution in [3.8, 4) is 0 Å². The maximum atomic E-state index is 11.9. The molecule has 0 amide bonds. The smallest absolute Gasteiger partial charge is 0.338 e. The van der Waals surface area contributed by atoms with Crippen LogP contribution in [0.4, 0.5) is 0 Å². The van der Waals surface area contributed by atoms with Gasteiger partial charge >= 0.3 is 5.97 Å². The number of hydrogen-bond donors (Lipinski definition) is 0. The number of hydrogen-bond acceptors (Lipinski definition) is 4. The van der Waals surface area contributed by atoms with E-state index in [0.717, 1.165) is 6.42 Å². The fourth-order valence-electron chi connectivity index (χ4n) is 1.58. The first-order valence-electron chi connectivity index (χ1n) is 5.99. The quantitative estimate of drug-likeness (QED) is 0.697. The van der Waals surface area contributed by atoms with Crippen LogP contribution in [0.25, 0.3) is 0 Å². The largest absolute Gasteiger partial charge is 0.454 e. The maximum Gasteiger partial charge on any atom is 0.338 e. The SMILES string of the molecule is CCc1ccc(C(=O)OC(COC)COC)cc1. The van der Waals surface area contributed by atoms with Crippen molar-refractivity contribution in [1.82, 2.24) is 0 Å². The number of ether oxygens (including phenoxy) is 3. The molecule has 0 atom stereocenters. The van der Waals surface area contributed by atoms with Gasteiger partial charge in [0.1, 0.15) is 6.10 Å². The summed E-state index contributed by atoms with van der Waals surface area (Å²) in [6.45, 7) is 2.72. The van der Waals surface area contributed by atoms with Crippen LogP contribution in [-0.2, 0) is 20.6 Å². The van der Waals surface area contributed by atoms with E-state index in [0.29, 0.717) is 18.8 Å². The highest BCUT2D eigenvalue weighted by atomic mass is 16.6. The van der Waals surface area contributed by atoms with E-state index < -0.39 is 0 Å². The van der Waals surface area contributed by atoms with Crippen LogP contribution in [-0.4, -0.2) is 39.5 Å². The molecular formula is C14H20O4. The van der Waals surface area contributed by atoms with Gasteiger partial charge in [0, 0.05) is 14.2 Å². The van der Waals surface area contributed by atoms with E-state index >= 15 is 0 Å². The Bertz CT molecular complexity index is 353. The molecule has 0 heterocycles. The molecular weight excluding hydrogens is 232 g/mol. The third-order valence-corrected chi connectivity index (χ3v) is 2.58. The lowest BCUT2D eigenvalue weighted by Gasteiger charge is -2.16. The van der Waals surface area contributed by atoms with Crippen LogP contribution in [0, 0.1) is 0 Å². The fourth-order valence-corrected chi connectivity index (χ4v) is 1.58. The van der Waals surface area contributed by atoms with Crippen molar-refractivity contribution < 1.29 is 19.0 Å². The summed E-state index contributed by atoms with van der Waals surface area (Å²) < 4.78 is 15.2. The van der Waals surface area contributed by atoms with Gasteiger partial charge in [-0.15, -0.1) is 0 Å². The van der Waals surface area contributed by atoms with E-state index in [1.165, 1.54) is 5.56 Å². The van der Waals surface area contributed by atoms with E-state index in [-0.39, 0.29) is 12.1 Å². The normalized spacial score (nSPS) is 10.7. The zero-order valence-corrected chi connectivity index (χ0v) is 11.1. The summed E-state index contributed by atoms with van der Waals surface area (Å²) in [6.07, 6.45) is 0.573. The van der Waals surface area contributed by atoms with Crippen LogP contribution in [0.5, 0.6) is 0 Å². The molecule has 0 aliphatic rings. The Morgan fingerprint density at radius 1 is 1.11 bits per heavy atom. The van der Waals surface area contributed by atoms with Gasteiger partial charge in [0.05, 0.1) is 18.8 Å². The van der Waals surface area contributed by atoms with Crippen molar-refractivity contribution in [2.45, 2.75) is 19.4 Å². The molecule has 1 rings (SSSR count). The molecule has 0 aliphatic carbocycles. The van der Waals surface area contributed by atoms with Gasteiger partial charge in [0.25, 0.3) is 0 Å². The maximum absolute atomic E-state index is 11.9. The summed E-state index contributed by atoms with van der Waals surface area (Å²) in [5.41, 5.74) is 1.74. The molecule has 0 bridgehead atoms. The van der Waals surface area contributed by atoms with Gasteiger partial charge < -0.3 is 14.2 Å². The highest BCUT2D eigenvalue weighted by Crippen LogP contribution is 2.08. The van der Waals surface area contributed by atoms with Gasteiger partial charge in [-0.05, 0) is 24.1 Å². The van der Waals surface area contributed by atoms with Gasteiger partial charge in [0.2, 0.25) is 0 Å². The Balaban J connectivity index is 2.61. The summed E-state index contributed by atoms with van der Waals surface area (Å²) in [4.78, 5) is 11.9. The highest BCUT2D eigenvalue weighted by Gasteiger charge is 2.15. The van der Waals surface area contributed by atoms with Crippen molar-refractivity contribution in [3.63, 3.8) is 0 Å². The molecule has 0 saturated heterocycles. The van der Waals surface area contributed by atoms with Crippen LogP contribution in [0.1, 0.15) is 22.8 Å². The Kier molecular flexibility index (Phi) is 6.39. The summed E-state index contributed by atoms with van der Waals surface area (Å²) in [5.74, 6) is -0.350. The summed E-state index contributed by atoms with van der Waals surface area (Å²) in [6, 6.07) is 7.41. The average Bonchev–Trinajstić information content (AvgIpc) is 2.39. The molecule has 0 spiro atoms. The van der Waals surface area contributed by atoms with Crippen molar-refractivity contribution in [2.24, 2.45) is 0 Å². The van der Waals surface area contributed by atoms with Crippen molar-refractivity contribution in [2.75, 3.05) is 27.4 Å². The van der Waals surface area contributed by atoms with E-state index in [1.807, 2.05) is 12.1 Å². The standard InChI is InChI=1S/C14H20O4/c1-4-11-5-7-12(8-6-11)14(15)18-13(9-16-2)10-17-3/h5-8,13H,4,9-10H2,1-3H3. The van der Waals surface area contributed by atoms with Gasteiger partial charge in [-0.1, -0.05) is 19.1 Å². The minimum Gasteiger partial charge on any atom is -0.454 e. The van der Waals surface area contributed by atoms with Gasteiger partial charge in [-0.2, -0.15) is 0 Å². The summed E-state index contributed by atoms with van der Waals surface area (Å²) in [7, 11) is 3.12. The minimum absolute atomic E-state index is 0.326. The monoisotopic (exact) mass is 252 g/mol. The van der Waals surface area contributed by atoms with Gasteiger partial charge in [-0.3, -0.25) is 0 Å². The lowest BCUT2D eigenvalue weighted by molar-refractivity contribution is -0.0223. The summed E-state index contributed by atoms with van der Waals surface area (Å²) in [5, 5.41) is 0. The van der Waals surface area contributed by atoms with E-state index in [4.69, 9.17) is 14.2 Å².